The zero-order valence-electron chi connectivity index (χ0n) is 9.34. The summed E-state index contributed by atoms with van der Waals surface area (Å²) in [5.74, 6) is 0. The van der Waals surface area contributed by atoms with Gasteiger partial charge in [-0.25, -0.2) is 0 Å². The van der Waals surface area contributed by atoms with Crippen molar-refractivity contribution in [3.63, 3.8) is 0 Å². The summed E-state index contributed by atoms with van der Waals surface area (Å²) >= 11 is 9.47. The van der Waals surface area contributed by atoms with Gasteiger partial charge in [-0.15, -0.1) is 0 Å². The lowest BCUT2D eigenvalue weighted by atomic mass is 10.1. The van der Waals surface area contributed by atoms with E-state index >= 15 is 0 Å². The van der Waals surface area contributed by atoms with E-state index in [1.54, 1.807) is 0 Å². The third kappa shape index (κ3) is 2.70. The van der Waals surface area contributed by atoms with Crippen molar-refractivity contribution in [2.45, 2.75) is 18.9 Å². The van der Waals surface area contributed by atoms with Crippen LogP contribution in [0.1, 0.15) is 12.8 Å². The number of hydrogen-bond donors (Lipinski definition) is 1. The van der Waals surface area contributed by atoms with Crippen LogP contribution in [-0.2, 0) is 0 Å². The second-order valence-electron chi connectivity index (χ2n) is 4.17. The van der Waals surface area contributed by atoms with Crippen molar-refractivity contribution in [1.82, 2.24) is 5.32 Å². The summed E-state index contributed by atoms with van der Waals surface area (Å²) in [5, 5.41) is 4.12. The molecule has 0 saturated carbocycles. The molecule has 2 nitrogen and oxygen atoms in total. The van der Waals surface area contributed by atoms with E-state index in [-0.39, 0.29) is 0 Å². The SMILES string of the molecule is CNC1CCCN(c2ccc(Cl)c(Br)c2)C1. The smallest absolute Gasteiger partial charge is 0.0549 e. The highest BCUT2D eigenvalue weighted by atomic mass is 79.9. The van der Waals surface area contributed by atoms with Crippen molar-refractivity contribution in [1.29, 1.82) is 0 Å². The molecule has 1 heterocycles. The summed E-state index contributed by atoms with van der Waals surface area (Å²) in [7, 11) is 2.03. The molecule has 88 valence electrons. The van der Waals surface area contributed by atoms with Gasteiger partial charge in [0.05, 0.1) is 5.02 Å². The minimum atomic E-state index is 0.600. The van der Waals surface area contributed by atoms with Crippen LogP contribution in [0.15, 0.2) is 22.7 Å². The molecule has 1 aliphatic heterocycles. The lowest BCUT2D eigenvalue weighted by Gasteiger charge is -2.34. The third-order valence-corrected chi connectivity index (χ3v) is 4.31. The van der Waals surface area contributed by atoms with E-state index in [9.17, 15) is 0 Å². The maximum absolute atomic E-state index is 6.00. The number of nitrogens with one attached hydrogen (secondary N) is 1. The number of halogens is 2. The number of anilines is 1. The number of benzene rings is 1. The van der Waals surface area contributed by atoms with Crippen molar-refractivity contribution in [2.75, 3.05) is 25.0 Å². The Morgan fingerprint density at radius 2 is 2.31 bits per heavy atom. The van der Waals surface area contributed by atoms with E-state index in [0.29, 0.717) is 6.04 Å². The Balaban J connectivity index is 2.13. The Morgan fingerprint density at radius 3 is 3.00 bits per heavy atom. The van der Waals surface area contributed by atoms with Crippen LogP contribution in [-0.4, -0.2) is 26.2 Å². The van der Waals surface area contributed by atoms with Gasteiger partial charge in [0.2, 0.25) is 0 Å². The molecule has 0 aliphatic carbocycles. The van der Waals surface area contributed by atoms with E-state index in [1.165, 1.54) is 18.5 Å². The van der Waals surface area contributed by atoms with E-state index in [4.69, 9.17) is 11.6 Å². The standard InChI is InChI=1S/C12H16BrClN2/c1-15-9-3-2-6-16(8-9)10-4-5-12(14)11(13)7-10/h4-5,7,9,15H,2-3,6,8H2,1H3. The molecule has 0 aromatic heterocycles. The molecular weight excluding hydrogens is 288 g/mol. The Bertz CT molecular complexity index is 370. The summed E-state index contributed by atoms with van der Waals surface area (Å²) in [6.45, 7) is 2.21. The van der Waals surface area contributed by atoms with Crippen LogP contribution in [0.3, 0.4) is 0 Å². The molecule has 1 N–H and O–H groups in total. The molecule has 0 spiro atoms. The van der Waals surface area contributed by atoms with Gasteiger partial charge in [0, 0.05) is 29.3 Å². The van der Waals surface area contributed by atoms with E-state index in [0.717, 1.165) is 22.6 Å². The highest BCUT2D eigenvalue weighted by Crippen LogP contribution is 2.29. The van der Waals surface area contributed by atoms with Gasteiger partial charge in [-0.3, -0.25) is 0 Å². The van der Waals surface area contributed by atoms with Gasteiger partial charge >= 0.3 is 0 Å². The summed E-state index contributed by atoms with van der Waals surface area (Å²) < 4.78 is 0.971. The van der Waals surface area contributed by atoms with Crippen molar-refractivity contribution in [3.05, 3.63) is 27.7 Å². The number of nitrogens with zero attached hydrogens (tertiary/aromatic N) is 1. The quantitative estimate of drug-likeness (QED) is 0.902. The summed E-state index contributed by atoms with van der Waals surface area (Å²) in [5.41, 5.74) is 1.25. The second kappa shape index (κ2) is 5.39. The number of likely N-dealkylation sites (N-methyl/N-ethyl adjacent to an activating group) is 1. The largest absolute Gasteiger partial charge is 0.370 e. The Labute approximate surface area is 110 Å². The van der Waals surface area contributed by atoms with Crippen molar-refractivity contribution in [3.8, 4) is 0 Å². The summed E-state index contributed by atoms with van der Waals surface area (Å²) in [6, 6.07) is 6.73. The van der Waals surface area contributed by atoms with E-state index in [2.05, 4.69) is 38.3 Å². The lowest BCUT2D eigenvalue weighted by Crippen LogP contribution is -2.44. The van der Waals surface area contributed by atoms with Gasteiger partial charge in [-0.1, -0.05) is 11.6 Å². The summed E-state index contributed by atoms with van der Waals surface area (Å²) in [4.78, 5) is 2.41. The minimum absolute atomic E-state index is 0.600. The maximum Gasteiger partial charge on any atom is 0.0549 e. The van der Waals surface area contributed by atoms with Gasteiger partial charge in [-0.05, 0) is 54.0 Å². The normalized spacial score (nSPS) is 21.2. The molecule has 0 bridgehead atoms. The van der Waals surface area contributed by atoms with Crippen LogP contribution in [0.25, 0.3) is 0 Å². The van der Waals surface area contributed by atoms with Crippen LogP contribution >= 0.6 is 27.5 Å². The molecule has 4 heteroatoms. The van der Waals surface area contributed by atoms with Gasteiger partial charge in [0.15, 0.2) is 0 Å². The molecule has 1 unspecified atom stereocenters. The van der Waals surface area contributed by atoms with Gasteiger partial charge < -0.3 is 10.2 Å². The number of piperidine rings is 1. The molecule has 0 radical (unpaired) electrons. The third-order valence-electron chi connectivity index (χ3n) is 3.10. The lowest BCUT2D eigenvalue weighted by molar-refractivity contribution is 0.449. The van der Waals surface area contributed by atoms with Gasteiger partial charge in [-0.2, -0.15) is 0 Å². The molecule has 1 fully saturated rings. The molecular formula is C12H16BrClN2. The first-order valence-electron chi connectivity index (χ1n) is 5.58. The monoisotopic (exact) mass is 302 g/mol. The highest BCUT2D eigenvalue weighted by Gasteiger charge is 2.18. The number of rotatable bonds is 2. The van der Waals surface area contributed by atoms with E-state index < -0.39 is 0 Å². The molecule has 16 heavy (non-hydrogen) atoms. The first-order chi connectivity index (χ1) is 7.70. The van der Waals surface area contributed by atoms with Crippen molar-refractivity contribution < 1.29 is 0 Å². The second-order valence-corrected chi connectivity index (χ2v) is 5.43. The molecule has 1 atom stereocenters. The fourth-order valence-electron chi connectivity index (χ4n) is 2.13. The zero-order chi connectivity index (χ0) is 11.5. The predicted molar refractivity (Wildman–Crippen MR) is 73.4 cm³/mol. The molecule has 1 aliphatic rings. The van der Waals surface area contributed by atoms with Crippen LogP contribution in [0.5, 0.6) is 0 Å². The minimum Gasteiger partial charge on any atom is -0.370 e. The zero-order valence-corrected chi connectivity index (χ0v) is 11.7. The Hall–Kier alpha value is -0.250. The molecule has 0 amide bonds. The maximum atomic E-state index is 6.00. The molecule has 2 rings (SSSR count). The predicted octanol–water partition coefficient (Wildman–Crippen LogP) is 3.29. The van der Waals surface area contributed by atoms with Crippen LogP contribution in [0, 0.1) is 0 Å². The fraction of sp³-hybridized carbons (Fsp3) is 0.500. The Morgan fingerprint density at radius 1 is 1.50 bits per heavy atom. The fourth-order valence-corrected chi connectivity index (χ4v) is 2.61. The van der Waals surface area contributed by atoms with Crippen LogP contribution in [0.4, 0.5) is 5.69 Å². The van der Waals surface area contributed by atoms with Gasteiger partial charge in [0.25, 0.3) is 0 Å². The van der Waals surface area contributed by atoms with Crippen molar-refractivity contribution in [2.24, 2.45) is 0 Å². The average Bonchev–Trinajstić information content (AvgIpc) is 2.33. The Kier molecular flexibility index (Phi) is 4.11. The first-order valence-corrected chi connectivity index (χ1v) is 6.75. The van der Waals surface area contributed by atoms with Gasteiger partial charge in [0.1, 0.15) is 0 Å². The molecule has 1 aromatic carbocycles. The van der Waals surface area contributed by atoms with Crippen LogP contribution < -0.4 is 10.2 Å². The average molecular weight is 304 g/mol. The highest BCUT2D eigenvalue weighted by molar-refractivity contribution is 9.10. The van der Waals surface area contributed by atoms with Crippen LogP contribution in [0.2, 0.25) is 5.02 Å². The molecule has 1 aromatic rings. The summed E-state index contributed by atoms with van der Waals surface area (Å²) in [6.07, 6.45) is 2.51. The topological polar surface area (TPSA) is 15.3 Å². The molecule has 1 saturated heterocycles. The number of hydrogen-bond acceptors (Lipinski definition) is 2. The van der Waals surface area contributed by atoms with Crippen molar-refractivity contribution >= 4 is 33.2 Å². The first kappa shape index (κ1) is 12.2. The van der Waals surface area contributed by atoms with E-state index in [1.807, 2.05) is 13.1 Å².